The van der Waals surface area contributed by atoms with Crippen molar-refractivity contribution in [3.05, 3.63) is 0 Å². The molecule has 2 fully saturated rings. The van der Waals surface area contributed by atoms with Gasteiger partial charge in [-0.25, -0.2) is 0 Å². The van der Waals surface area contributed by atoms with Gasteiger partial charge in [-0.1, -0.05) is 26.2 Å². The summed E-state index contributed by atoms with van der Waals surface area (Å²) in [6.07, 6.45) is 10.1. The highest BCUT2D eigenvalue weighted by Gasteiger charge is 2.29. The van der Waals surface area contributed by atoms with E-state index in [2.05, 4.69) is 37.9 Å². The van der Waals surface area contributed by atoms with Gasteiger partial charge in [0.05, 0.1) is 0 Å². The summed E-state index contributed by atoms with van der Waals surface area (Å²) < 4.78 is 0. The van der Waals surface area contributed by atoms with E-state index < -0.39 is 0 Å². The molecule has 1 aliphatic carbocycles. The lowest BCUT2D eigenvalue weighted by atomic mass is 9.82. The SMILES string of the molecule is CCC1CCCC(N2CCC(CNC(C)(C)C)CC2)C1. The molecule has 0 amide bonds. The third-order valence-electron chi connectivity index (χ3n) is 5.42. The Bertz CT molecular complexity index is 274. The maximum absolute atomic E-state index is 3.68. The summed E-state index contributed by atoms with van der Waals surface area (Å²) in [4.78, 5) is 2.81. The van der Waals surface area contributed by atoms with Crippen molar-refractivity contribution in [1.29, 1.82) is 0 Å². The van der Waals surface area contributed by atoms with Crippen LogP contribution in [0, 0.1) is 11.8 Å². The standard InChI is InChI=1S/C18H36N2/c1-5-15-7-6-8-17(13-15)20-11-9-16(10-12-20)14-19-18(2,3)4/h15-17,19H,5-14H2,1-4H3. The van der Waals surface area contributed by atoms with E-state index in [1.54, 1.807) is 0 Å². The van der Waals surface area contributed by atoms with Crippen molar-refractivity contribution in [2.24, 2.45) is 11.8 Å². The summed E-state index contributed by atoms with van der Waals surface area (Å²) >= 11 is 0. The third kappa shape index (κ3) is 5.04. The number of rotatable bonds is 4. The monoisotopic (exact) mass is 280 g/mol. The van der Waals surface area contributed by atoms with Gasteiger partial charge >= 0.3 is 0 Å². The first-order valence-corrected chi connectivity index (χ1v) is 8.97. The van der Waals surface area contributed by atoms with Gasteiger partial charge in [0, 0.05) is 11.6 Å². The number of hydrogen-bond donors (Lipinski definition) is 1. The highest BCUT2D eigenvalue weighted by Crippen LogP contribution is 2.31. The third-order valence-corrected chi connectivity index (χ3v) is 5.42. The van der Waals surface area contributed by atoms with Crippen LogP contribution in [-0.2, 0) is 0 Å². The second-order valence-electron chi connectivity index (χ2n) is 8.20. The first-order chi connectivity index (χ1) is 9.48. The van der Waals surface area contributed by atoms with Crippen molar-refractivity contribution in [2.75, 3.05) is 19.6 Å². The Morgan fingerprint density at radius 1 is 1.00 bits per heavy atom. The predicted octanol–water partition coefficient (Wildman–Crippen LogP) is 4.06. The fourth-order valence-electron chi connectivity index (χ4n) is 3.94. The van der Waals surface area contributed by atoms with Crippen LogP contribution in [0.15, 0.2) is 0 Å². The number of likely N-dealkylation sites (tertiary alicyclic amines) is 1. The van der Waals surface area contributed by atoms with Crippen molar-refractivity contribution >= 4 is 0 Å². The van der Waals surface area contributed by atoms with Crippen molar-refractivity contribution in [3.63, 3.8) is 0 Å². The number of piperidine rings is 1. The van der Waals surface area contributed by atoms with E-state index in [1.807, 2.05) is 0 Å². The van der Waals surface area contributed by atoms with E-state index in [9.17, 15) is 0 Å². The molecule has 2 unspecified atom stereocenters. The van der Waals surface area contributed by atoms with Crippen molar-refractivity contribution in [2.45, 2.75) is 84.2 Å². The van der Waals surface area contributed by atoms with Crippen LogP contribution < -0.4 is 5.32 Å². The summed E-state index contributed by atoms with van der Waals surface area (Å²) in [5.74, 6) is 1.91. The Kier molecular flexibility index (Phi) is 5.92. The highest BCUT2D eigenvalue weighted by molar-refractivity contribution is 4.84. The molecule has 1 saturated carbocycles. The van der Waals surface area contributed by atoms with Gasteiger partial charge < -0.3 is 10.2 Å². The van der Waals surface area contributed by atoms with Crippen LogP contribution in [0.4, 0.5) is 0 Å². The van der Waals surface area contributed by atoms with E-state index in [-0.39, 0.29) is 5.54 Å². The summed E-state index contributed by atoms with van der Waals surface area (Å²) in [7, 11) is 0. The van der Waals surface area contributed by atoms with Gasteiger partial charge in [-0.05, 0) is 77.9 Å². The van der Waals surface area contributed by atoms with Crippen molar-refractivity contribution in [3.8, 4) is 0 Å². The normalized spacial score (nSPS) is 30.6. The number of nitrogens with one attached hydrogen (secondary N) is 1. The van der Waals surface area contributed by atoms with E-state index in [0.29, 0.717) is 0 Å². The average molecular weight is 281 g/mol. The molecule has 0 aromatic rings. The first-order valence-electron chi connectivity index (χ1n) is 8.97. The molecular weight excluding hydrogens is 244 g/mol. The van der Waals surface area contributed by atoms with Gasteiger partial charge in [-0.3, -0.25) is 0 Å². The van der Waals surface area contributed by atoms with Crippen LogP contribution in [0.2, 0.25) is 0 Å². The van der Waals surface area contributed by atoms with Crippen LogP contribution >= 0.6 is 0 Å². The summed E-state index contributed by atoms with van der Waals surface area (Å²) in [6.45, 7) is 13.1. The lowest BCUT2D eigenvalue weighted by Gasteiger charge is -2.41. The zero-order chi connectivity index (χ0) is 14.6. The summed E-state index contributed by atoms with van der Waals surface area (Å²) in [5, 5.41) is 3.68. The molecule has 1 N–H and O–H groups in total. The second kappa shape index (κ2) is 7.26. The number of nitrogens with zero attached hydrogens (tertiary/aromatic N) is 1. The Morgan fingerprint density at radius 3 is 2.30 bits per heavy atom. The van der Waals surface area contributed by atoms with Crippen molar-refractivity contribution < 1.29 is 0 Å². The molecule has 1 aliphatic heterocycles. The molecule has 20 heavy (non-hydrogen) atoms. The second-order valence-corrected chi connectivity index (χ2v) is 8.20. The quantitative estimate of drug-likeness (QED) is 0.835. The molecule has 2 nitrogen and oxygen atoms in total. The molecule has 0 radical (unpaired) electrons. The molecular formula is C18H36N2. The van der Waals surface area contributed by atoms with E-state index in [0.717, 1.165) is 17.9 Å². The van der Waals surface area contributed by atoms with E-state index in [1.165, 1.54) is 64.6 Å². The van der Waals surface area contributed by atoms with E-state index in [4.69, 9.17) is 0 Å². The molecule has 2 heteroatoms. The molecule has 2 aliphatic rings. The zero-order valence-corrected chi connectivity index (χ0v) is 14.3. The van der Waals surface area contributed by atoms with Gasteiger partial charge in [-0.2, -0.15) is 0 Å². The number of hydrogen-bond acceptors (Lipinski definition) is 2. The largest absolute Gasteiger partial charge is 0.312 e. The predicted molar refractivity (Wildman–Crippen MR) is 88.1 cm³/mol. The average Bonchev–Trinajstić information content (AvgIpc) is 2.45. The van der Waals surface area contributed by atoms with Crippen LogP contribution in [-0.4, -0.2) is 36.1 Å². The van der Waals surface area contributed by atoms with Gasteiger partial charge in [0.25, 0.3) is 0 Å². The maximum Gasteiger partial charge on any atom is 0.00978 e. The topological polar surface area (TPSA) is 15.3 Å². The summed E-state index contributed by atoms with van der Waals surface area (Å²) in [5.41, 5.74) is 0.273. The molecule has 0 aromatic heterocycles. The molecule has 0 aromatic carbocycles. The molecule has 2 rings (SSSR count). The van der Waals surface area contributed by atoms with Gasteiger partial charge in [0.15, 0.2) is 0 Å². The highest BCUT2D eigenvalue weighted by atomic mass is 15.2. The van der Waals surface area contributed by atoms with Crippen LogP contribution in [0.5, 0.6) is 0 Å². The Labute approximate surface area is 126 Å². The zero-order valence-electron chi connectivity index (χ0n) is 14.3. The lowest BCUT2D eigenvalue weighted by molar-refractivity contribution is 0.0870. The summed E-state index contributed by atoms with van der Waals surface area (Å²) in [6, 6.07) is 0.908. The van der Waals surface area contributed by atoms with Crippen LogP contribution in [0.25, 0.3) is 0 Å². The maximum atomic E-state index is 3.68. The molecule has 118 valence electrons. The Morgan fingerprint density at radius 2 is 1.70 bits per heavy atom. The van der Waals surface area contributed by atoms with Crippen LogP contribution in [0.3, 0.4) is 0 Å². The van der Waals surface area contributed by atoms with Gasteiger partial charge in [0.2, 0.25) is 0 Å². The molecule has 2 atom stereocenters. The molecule has 0 spiro atoms. The fraction of sp³-hybridized carbons (Fsp3) is 1.00. The fourth-order valence-corrected chi connectivity index (χ4v) is 3.94. The lowest BCUT2D eigenvalue weighted by Crippen LogP contribution is -2.46. The minimum absolute atomic E-state index is 0.273. The minimum atomic E-state index is 0.273. The Balaban J connectivity index is 1.71. The van der Waals surface area contributed by atoms with Gasteiger partial charge in [-0.15, -0.1) is 0 Å². The molecule has 1 heterocycles. The smallest absolute Gasteiger partial charge is 0.00978 e. The van der Waals surface area contributed by atoms with Crippen molar-refractivity contribution in [1.82, 2.24) is 10.2 Å². The Hall–Kier alpha value is -0.0800. The first kappa shape index (κ1) is 16.3. The van der Waals surface area contributed by atoms with Crippen LogP contribution in [0.1, 0.15) is 72.6 Å². The minimum Gasteiger partial charge on any atom is -0.312 e. The molecule has 1 saturated heterocycles. The molecule has 0 bridgehead atoms. The van der Waals surface area contributed by atoms with E-state index >= 15 is 0 Å². The van der Waals surface area contributed by atoms with Gasteiger partial charge in [0.1, 0.15) is 0 Å².